The zero-order valence-corrected chi connectivity index (χ0v) is 26.9. The van der Waals surface area contributed by atoms with Crippen LogP contribution in [0.15, 0.2) is 11.6 Å². The van der Waals surface area contributed by atoms with Gasteiger partial charge < -0.3 is 29.9 Å². The molecule has 42 heavy (non-hydrogen) atoms. The molecule has 0 bridgehead atoms. The fraction of sp³-hybridized carbons (Fsp3) is 0.914. The van der Waals surface area contributed by atoms with E-state index in [0.29, 0.717) is 37.7 Å². The molecule has 4 N–H and O–H groups in total. The molecule has 2 rings (SSSR count). The van der Waals surface area contributed by atoms with Crippen molar-refractivity contribution in [1.29, 1.82) is 0 Å². The summed E-state index contributed by atoms with van der Waals surface area (Å²) < 4.78 is 11.2. The van der Waals surface area contributed by atoms with Crippen molar-refractivity contribution in [1.82, 2.24) is 0 Å². The van der Waals surface area contributed by atoms with E-state index in [1.54, 1.807) is 6.08 Å². The number of carbonyl (C=O) groups excluding carboxylic acids is 1. The van der Waals surface area contributed by atoms with E-state index in [1.807, 2.05) is 6.92 Å². The third kappa shape index (κ3) is 16.2. The first-order chi connectivity index (χ1) is 20.3. The smallest absolute Gasteiger partial charge is 0.334 e. The Hall–Kier alpha value is -0.990. The summed E-state index contributed by atoms with van der Waals surface area (Å²) in [5, 5.41) is 41.6. The second-order valence-corrected chi connectivity index (χ2v) is 13.1. The number of aliphatic hydroxyl groups is 4. The van der Waals surface area contributed by atoms with Gasteiger partial charge in [-0.05, 0) is 57.9 Å². The first kappa shape index (κ1) is 37.2. The highest BCUT2D eigenvalue weighted by Crippen LogP contribution is 2.28. The molecule has 2 aliphatic heterocycles. The highest BCUT2D eigenvalue weighted by atomic mass is 16.5. The van der Waals surface area contributed by atoms with E-state index in [4.69, 9.17) is 9.47 Å². The van der Waals surface area contributed by atoms with Gasteiger partial charge in [-0.3, -0.25) is 0 Å². The Kier molecular flexibility index (Phi) is 19.9. The summed E-state index contributed by atoms with van der Waals surface area (Å²) in [7, 11) is 0. The number of carbonyl (C=O) groups is 1. The molecular formula is C35H64O7. The van der Waals surface area contributed by atoms with Crippen molar-refractivity contribution in [2.45, 2.75) is 204 Å². The normalized spacial score (nSPS) is 23.5. The molecule has 0 saturated carbocycles. The molecule has 2 heterocycles. The fourth-order valence-electron chi connectivity index (χ4n) is 6.40. The summed E-state index contributed by atoms with van der Waals surface area (Å²) in [5.41, 5.74) is 0.600. The molecule has 0 amide bonds. The van der Waals surface area contributed by atoms with Gasteiger partial charge in [0.2, 0.25) is 0 Å². The van der Waals surface area contributed by atoms with Crippen molar-refractivity contribution in [2.75, 3.05) is 0 Å². The molecule has 1 unspecified atom stereocenters. The largest absolute Gasteiger partial charge is 0.455 e. The molecule has 7 heteroatoms. The monoisotopic (exact) mass is 596 g/mol. The average Bonchev–Trinajstić information content (AvgIpc) is 3.57. The second-order valence-electron chi connectivity index (χ2n) is 13.1. The maximum absolute atomic E-state index is 11.7. The van der Waals surface area contributed by atoms with Crippen molar-refractivity contribution in [2.24, 2.45) is 0 Å². The molecule has 7 nitrogen and oxygen atoms in total. The zero-order valence-electron chi connectivity index (χ0n) is 26.9. The maximum Gasteiger partial charge on any atom is 0.334 e. The lowest BCUT2D eigenvalue weighted by Crippen LogP contribution is -2.31. The Morgan fingerprint density at radius 3 is 1.93 bits per heavy atom. The molecule has 1 saturated heterocycles. The van der Waals surface area contributed by atoms with Crippen LogP contribution < -0.4 is 0 Å². The van der Waals surface area contributed by atoms with E-state index in [1.165, 1.54) is 51.4 Å². The molecular weight excluding hydrogens is 532 g/mol. The molecule has 7 atom stereocenters. The first-order valence-corrected chi connectivity index (χ1v) is 17.6. The molecule has 0 aliphatic carbocycles. The Labute approximate surface area is 256 Å². The predicted octanol–water partition coefficient (Wildman–Crippen LogP) is 7.06. The molecule has 2 aliphatic rings. The van der Waals surface area contributed by atoms with Crippen molar-refractivity contribution < 1.29 is 34.7 Å². The quantitative estimate of drug-likeness (QED) is 0.0624. The standard InChI is InChI=1S/C35H64O7/c1-3-4-5-6-7-8-9-10-14-17-20-31(37)32(38)22-23-33(39)34-24-21-30(42-34)19-16-13-11-12-15-18-29(36)26-28-25-27(2)41-35(28)40/h25,27,29-34,36-39H,3-24,26H2,1-2H3/t27-,29+,30+,31+,32?,33-,34-/m0/s1. The Balaban J connectivity index is 1.42. The van der Waals surface area contributed by atoms with Crippen LogP contribution in [0.3, 0.4) is 0 Å². The van der Waals surface area contributed by atoms with E-state index in [-0.39, 0.29) is 24.3 Å². The van der Waals surface area contributed by atoms with E-state index >= 15 is 0 Å². The summed E-state index contributed by atoms with van der Waals surface area (Å²) in [5.74, 6) is -0.295. The second kappa shape index (κ2) is 22.5. The highest BCUT2D eigenvalue weighted by molar-refractivity contribution is 5.90. The van der Waals surface area contributed by atoms with Crippen LogP contribution in [0.25, 0.3) is 0 Å². The zero-order chi connectivity index (χ0) is 30.6. The van der Waals surface area contributed by atoms with Crippen LogP contribution >= 0.6 is 0 Å². The van der Waals surface area contributed by atoms with Crippen molar-refractivity contribution in [3.05, 3.63) is 11.6 Å². The SMILES string of the molecule is CCCCCCCCCCCC[C@@H](O)C(O)CC[C@H](O)[C@@H]1CC[C@@H](CCCCCCC[C@@H](O)CC2=C[C@H](C)OC2=O)O1. The summed E-state index contributed by atoms with van der Waals surface area (Å²) in [6, 6.07) is 0. The minimum absolute atomic E-state index is 0.168. The van der Waals surface area contributed by atoms with E-state index < -0.39 is 24.4 Å². The van der Waals surface area contributed by atoms with Crippen LogP contribution in [0.2, 0.25) is 0 Å². The van der Waals surface area contributed by atoms with Gasteiger partial charge in [0.15, 0.2) is 0 Å². The number of rotatable bonds is 26. The first-order valence-electron chi connectivity index (χ1n) is 17.6. The Morgan fingerprint density at radius 2 is 1.31 bits per heavy atom. The van der Waals surface area contributed by atoms with Gasteiger partial charge in [0.1, 0.15) is 6.10 Å². The van der Waals surface area contributed by atoms with Crippen LogP contribution in [0.1, 0.15) is 162 Å². The third-order valence-corrected chi connectivity index (χ3v) is 9.14. The minimum atomic E-state index is -0.781. The van der Waals surface area contributed by atoms with Crippen LogP contribution in [-0.4, -0.2) is 69.1 Å². The van der Waals surface area contributed by atoms with E-state index in [2.05, 4.69) is 6.92 Å². The van der Waals surface area contributed by atoms with Gasteiger partial charge in [-0.1, -0.05) is 103 Å². The van der Waals surface area contributed by atoms with Crippen molar-refractivity contribution >= 4 is 5.97 Å². The maximum atomic E-state index is 11.7. The molecule has 1 fully saturated rings. The number of hydrogen-bond donors (Lipinski definition) is 4. The lowest BCUT2D eigenvalue weighted by atomic mass is 9.97. The number of esters is 1. The summed E-state index contributed by atoms with van der Waals surface area (Å²) in [4.78, 5) is 11.7. The average molecular weight is 597 g/mol. The number of unbranched alkanes of at least 4 members (excludes halogenated alkanes) is 13. The topological polar surface area (TPSA) is 116 Å². The van der Waals surface area contributed by atoms with Gasteiger partial charge in [-0.2, -0.15) is 0 Å². The minimum Gasteiger partial charge on any atom is -0.455 e. The van der Waals surface area contributed by atoms with Gasteiger partial charge in [0.05, 0.1) is 36.6 Å². The summed E-state index contributed by atoms with van der Waals surface area (Å²) >= 11 is 0. The Morgan fingerprint density at radius 1 is 0.738 bits per heavy atom. The van der Waals surface area contributed by atoms with Gasteiger partial charge >= 0.3 is 5.97 Å². The molecule has 0 aromatic carbocycles. The number of ether oxygens (including phenoxy) is 2. The summed E-state index contributed by atoms with van der Waals surface area (Å²) in [6.45, 7) is 4.07. The van der Waals surface area contributed by atoms with Gasteiger partial charge in [-0.25, -0.2) is 4.79 Å². The van der Waals surface area contributed by atoms with E-state index in [0.717, 1.165) is 64.2 Å². The number of aliphatic hydroxyl groups excluding tert-OH is 4. The predicted molar refractivity (Wildman–Crippen MR) is 168 cm³/mol. The number of cyclic esters (lactones) is 1. The molecule has 0 aromatic rings. The van der Waals surface area contributed by atoms with Crippen LogP contribution in [0, 0.1) is 0 Å². The van der Waals surface area contributed by atoms with Gasteiger partial charge in [0.25, 0.3) is 0 Å². The van der Waals surface area contributed by atoms with Crippen LogP contribution in [-0.2, 0) is 14.3 Å². The molecule has 0 spiro atoms. The van der Waals surface area contributed by atoms with Crippen LogP contribution in [0.5, 0.6) is 0 Å². The number of hydrogen-bond acceptors (Lipinski definition) is 7. The van der Waals surface area contributed by atoms with E-state index in [9.17, 15) is 25.2 Å². The van der Waals surface area contributed by atoms with Crippen LogP contribution in [0.4, 0.5) is 0 Å². The molecule has 0 radical (unpaired) electrons. The van der Waals surface area contributed by atoms with Gasteiger partial charge in [0, 0.05) is 12.0 Å². The molecule has 246 valence electrons. The Bertz CT molecular complexity index is 726. The molecule has 0 aromatic heterocycles. The lowest BCUT2D eigenvalue weighted by Gasteiger charge is -2.22. The van der Waals surface area contributed by atoms with Crippen molar-refractivity contribution in [3.63, 3.8) is 0 Å². The van der Waals surface area contributed by atoms with Crippen molar-refractivity contribution in [3.8, 4) is 0 Å². The highest BCUT2D eigenvalue weighted by Gasteiger charge is 2.31. The summed E-state index contributed by atoms with van der Waals surface area (Å²) in [6.07, 6.45) is 22.4. The third-order valence-electron chi connectivity index (χ3n) is 9.14. The fourth-order valence-corrected chi connectivity index (χ4v) is 6.40. The van der Waals surface area contributed by atoms with Gasteiger partial charge in [-0.15, -0.1) is 0 Å². The lowest BCUT2D eigenvalue weighted by molar-refractivity contribution is -0.139.